The molecule has 2 amide bonds. The van der Waals surface area contributed by atoms with Crippen molar-refractivity contribution >= 4 is 34.4 Å². The second kappa shape index (κ2) is 8.18. The van der Waals surface area contributed by atoms with Gasteiger partial charge < -0.3 is 11.1 Å². The molecule has 0 radical (unpaired) electrons. The summed E-state index contributed by atoms with van der Waals surface area (Å²) in [5.41, 5.74) is 6.55. The molecule has 0 aromatic heterocycles. The Balaban J connectivity index is 2.04. The highest BCUT2D eigenvalue weighted by Gasteiger charge is 2.20. The van der Waals surface area contributed by atoms with Crippen LogP contribution in [-0.2, 0) is 22.4 Å². The summed E-state index contributed by atoms with van der Waals surface area (Å²) in [6.45, 7) is 0. The third-order valence-corrected chi connectivity index (χ3v) is 4.46. The van der Waals surface area contributed by atoms with Crippen LogP contribution in [0.15, 0.2) is 42.5 Å². The van der Waals surface area contributed by atoms with E-state index < -0.39 is 29.5 Å². The highest BCUT2D eigenvalue weighted by Crippen LogP contribution is 2.14. The molecule has 0 heterocycles. The number of benzene rings is 2. The molecule has 0 spiro atoms. The number of amides is 2. The van der Waals surface area contributed by atoms with Crippen molar-refractivity contribution in [3.05, 3.63) is 68.8 Å². The number of nitrogens with one attached hydrogen (secondary N) is 1. The highest BCUT2D eigenvalue weighted by molar-refractivity contribution is 14.1. The molecule has 2 aromatic carbocycles. The maximum absolute atomic E-state index is 13.2. The van der Waals surface area contributed by atoms with Crippen molar-refractivity contribution in [2.75, 3.05) is 0 Å². The van der Waals surface area contributed by atoms with E-state index in [1.807, 2.05) is 24.3 Å². The lowest BCUT2D eigenvalue weighted by Gasteiger charge is -2.16. The Morgan fingerprint density at radius 3 is 2.46 bits per heavy atom. The molecule has 2 rings (SSSR count). The molecule has 3 N–H and O–H groups in total. The fourth-order valence-corrected chi connectivity index (χ4v) is 2.79. The van der Waals surface area contributed by atoms with Crippen molar-refractivity contribution in [1.82, 2.24) is 5.32 Å². The first-order valence-electron chi connectivity index (χ1n) is 7.13. The van der Waals surface area contributed by atoms with E-state index in [9.17, 15) is 18.4 Å². The van der Waals surface area contributed by atoms with Crippen molar-refractivity contribution in [1.29, 1.82) is 0 Å². The number of carbonyl (C=O) groups is 2. The predicted molar refractivity (Wildman–Crippen MR) is 94.1 cm³/mol. The van der Waals surface area contributed by atoms with Gasteiger partial charge in [0.15, 0.2) is 11.6 Å². The fourth-order valence-electron chi connectivity index (χ4n) is 2.19. The van der Waals surface area contributed by atoms with Crippen molar-refractivity contribution < 1.29 is 18.4 Å². The molecule has 0 aliphatic carbocycles. The standard InChI is InChI=1S/C17H15F2IN2O2/c18-12-6-5-10(7-13(12)19)8-16(23)22-15(17(21)24)9-11-3-1-2-4-14(11)20/h1-7,15H,8-9H2,(H2,21,24)(H,22,23)/t15-/m0/s1. The number of hydrogen-bond acceptors (Lipinski definition) is 2. The van der Waals surface area contributed by atoms with E-state index in [-0.39, 0.29) is 12.8 Å². The normalized spacial score (nSPS) is 11.8. The van der Waals surface area contributed by atoms with Gasteiger partial charge in [-0.3, -0.25) is 9.59 Å². The average molecular weight is 444 g/mol. The van der Waals surface area contributed by atoms with Gasteiger partial charge >= 0.3 is 0 Å². The minimum absolute atomic E-state index is 0.174. The molecule has 0 bridgehead atoms. The van der Waals surface area contributed by atoms with Gasteiger partial charge in [-0.25, -0.2) is 8.78 Å². The zero-order valence-corrected chi connectivity index (χ0v) is 14.7. The van der Waals surface area contributed by atoms with Crippen LogP contribution in [0.4, 0.5) is 8.78 Å². The molecular formula is C17H15F2IN2O2. The number of nitrogens with two attached hydrogens (primary N) is 1. The number of carbonyl (C=O) groups excluding carboxylic acids is 2. The van der Waals surface area contributed by atoms with Crippen molar-refractivity contribution in [3.63, 3.8) is 0 Å². The summed E-state index contributed by atoms with van der Waals surface area (Å²) in [5.74, 6) is -3.15. The third kappa shape index (κ3) is 4.98. The second-order valence-corrected chi connectivity index (χ2v) is 6.41. The van der Waals surface area contributed by atoms with Crippen LogP contribution >= 0.6 is 22.6 Å². The van der Waals surface area contributed by atoms with Gasteiger partial charge in [-0.05, 0) is 51.9 Å². The van der Waals surface area contributed by atoms with Crippen LogP contribution in [0.1, 0.15) is 11.1 Å². The topological polar surface area (TPSA) is 72.2 Å². The van der Waals surface area contributed by atoms with Crippen LogP contribution in [-0.4, -0.2) is 17.9 Å². The van der Waals surface area contributed by atoms with Gasteiger partial charge in [0.25, 0.3) is 0 Å². The first-order chi connectivity index (χ1) is 11.4. The molecule has 0 saturated heterocycles. The molecule has 0 aliphatic rings. The Hall–Kier alpha value is -2.03. The maximum atomic E-state index is 13.2. The summed E-state index contributed by atoms with van der Waals surface area (Å²) >= 11 is 2.13. The fraction of sp³-hybridized carbons (Fsp3) is 0.176. The van der Waals surface area contributed by atoms with Crippen LogP contribution in [0.3, 0.4) is 0 Å². The minimum Gasteiger partial charge on any atom is -0.368 e. The number of rotatable bonds is 6. The van der Waals surface area contributed by atoms with Crippen LogP contribution in [0.2, 0.25) is 0 Å². The molecule has 0 fully saturated rings. The van der Waals surface area contributed by atoms with E-state index in [0.717, 1.165) is 21.3 Å². The Labute approximate surface area is 151 Å². The smallest absolute Gasteiger partial charge is 0.240 e. The molecule has 2 aromatic rings. The number of primary amides is 1. The summed E-state index contributed by atoms with van der Waals surface area (Å²) in [6, 6.07) is 9.78. The first kappa shape index (κ1) is 18.3. The van der Waals surface area contributed by atoms with Crippen LogP contribution < -0.4 is 11.1 Å². The van der Waals surface area contributed by atoms with E-state index in [1.165, 1.54) is 6.07 Å². The van der Waals surface area contributed by atoms with Gasteiger partial charge in [0, 0.05) is 9.99 Å². The van der Waals surface area contributed by atoms with Crippen molar-refractivity contribution in [2.45, 2.75) is 18.9 Å². The van der Waals surface area contributed by atoms with Crippen molar-refractivity contribution in [3.8, 4) is 0 Å². The van der Waals surface area contributed by atoms with Gasteiger partial charge in [0.2, 0.25) is 11.8 Å². The lowest BCUT2D eigenvalue weighted by Crippen LogP contribution is -2.46. The van der Waals surface area contributed by atoms with Crippen LogP contribution in [0, 0.1) is 15.2 Å². The summed E-state index contributed by atoms with van der Waals surface area (Å²) < 4.78 is 27.0. The number of hydrogen-bond donors (Lipinski definition) is 2. The SMILES string of the molecule is NC(=O)[C@H](Cc1ccccc1I)NC(=O)Cc1ccc(F)c(F)c1. The Kier molecular flexibility index (Phi) is 6.24. The largest absolute Gasteiger partial charge is 0.368 e. The van der Waals surface area contributed by atoms with Gasteiger partial charge in [0.1, 0.15) is 6.04 Å². The zero-order valence-electron chi connectivity index (χ0n) is 12.6. The summed E-state index contributed by atoms with van der Waals surface area (Å²) in [5, 5.41) is 2.54. The van der Waals surface area contributed by atoms with Gasteiger partial charge in [-0.2, -0.15) is 0 Å². The van der Waals surface area contributed by atoms with E-state index >= 15 is 0 Å². The first-order valence-corrected chi connectivity index (χ1v) is 8.20. The molecule has 1 atom stereocenters. The van der Waals surface area contributed by atoms with Gasteiger partial charge in [-0.15, -0.1) is 0 Å². The van der Waals surface area contributed by atoms with Crippen LogP contribution in [0.5, 0.6) is 0 Å². The lowest BCUT2D eigenvalue weighted by atomic mass is 10.0. The quantitative estimate of drug-likeness (QED) is 0.672. The molecule has 4 nitrogen and oxygen atoms in total. The molecule has 0 saturated carbocycles. The van der Waals surface area contributed by atoms with Crippen molar-refractivity contribution in [2.24, 2.45) is 5.73 Å². The predicted octanol–water partition coefficient (Wildman–Crippen LogP) is 2.32. The Morgan fingerprint density at radius 1 is 1.12 bits per heavy atom. The van der Waals surface area contributed by atoms with E-state index in [2.05, 4.69) is 27.9 Å². The highest BCUT2D eigenvalue weighted by atomic mass is 127. The third-order valence-electron chi connectivity index (χ3n) is 3.41. The summed E-state index contributed by atoms with van der Waals surface area (Å²) in [6.07, 6.45) is 0.0881. The second-order valence-electron chi connectivity index (χ2n) is 5.24. The minimum atomic E-state index is -1.02. The van der Waals surface area contributed by atoms with E-state index in [0.29, 0.717) is 5.56 Å². The maximum Gasteiger partial charge on any atom is 0.240 e. The zero-order chi connectivity index (χ0) is 17.7. The van der Waals surface area contributed by atoms with E-state index in [1.54, 1.807) is 0 Å². The molecule has 0 aliphatic heterocycles. The molecular weight excluding hydrogens is 429 g/mol. The molecule has 126 valence electrons. The van der Waals surface area contributed by atoms with E-state index in [4.69, 9.17) is 5.73 Å². The van der Waals surface area contributed by atoms with Gasteiger partial charge in [-0.1, -0.05) is 24.3 Å². The Bertz CT molecular complexity index is 768. The molecule has 0 unspecified atom stereocenters. The average Bonchev–Trinajstić information content (AvgIpc) is 2.52. The van der Waals surface area contributed by atoms with Crippen LogP contribution in [0.25, 0.3) is 0 Å². The Morgan fingerprint density at radius 2 is 1.83 bits per heavy atom. The number of halogens is 3. The lowest BCUT2D eigenvalue weighted by molar-refractivity contribution is -0.127. The summed E-state index contributed by atoms with van der Waals surface area (Å²) in [7, 11) is 0. The summed E-state index contributed by atoms with van der Waals surface area (Å²) in [4.78, 5) is 23.7. The molecule has 24 heavy (non-hydrogen) atoms. The monoisotopic (exact) mass is 444 g/mol. The molecule has 7 heteroatoms. The van der Waals surface area contributed by atoms with Gasteiger partial charge in [0.05, 0.1) is 6.42 Å².